The first-order valence-corrected chi connectivity index (χ1v) is 6.57. The van der Waals surface area contributed by atoms with Crippen LogP contribution in [0.1, 0.15) is 17.5 Å². The normalized spacial score (nSPS) is 10.2. The molecule has 0 radical (unpaired) electrons. The van der Waals surface area contributed by atoms with Gasteiger partial charge < -0.3 is 0 Å². The number of hydrogen-bond acceptors (Lipinski definition) is 3. The molecule has 1 rings (SSSR count). The van der Waals surface area contributed by atoms with Gasteiger partial charge in [-0.05, 0) is 0 Å². The molecule has 1 aromatic rings. The van der Waals surface area contributed by atoms with Gasteiger partial charge in [0.05, 0.1) is 16.0 Å². The van der Waals surface area contributed by atoms with Gasteiger partial charge in [-0.15, -0.1) is 0 Å². The first-order chi connectivity index (χ1) is 5.80. The molecule has 0 aromatic carbocycles. The molecule has 12 heavy (non-hydrogen) atoms. The standard InChI is InChI=1S/C6H6Br3N3/c7-1-4-10-5(2-8)12-6(3-9)11-4/h1-3H2. The number of rotatable bonds is 3. The summed E-state index contributed by atoms with van der Waals surface area (Å²) in [5.74, 6) is 2.32. The summed E-state index contributed by atoms with van der Waals surface area (Å²) in [4.78, 5) is 12.5. The van der Waals surface area contributed by atoms with Crippen LogP contribution in [0.5, 0.6) is 0 Å². The Morgan fingerprint density at radius 3 is 1.08 bits per heavy atom. The van der Waals surface area contributed by atoms with Crippen molar-refractivity contribution < 1.29 is 0 Å². The molecule has 0 N–H and O–H groups in total. The van der Waals surface area contributed by atoms with Crippen LogP contribution in [0, 0.1) is 0 Å². The fourth-order valence-electron chi connectivity index (χ4n) is 0.701. The van der Waals surface area contributed by atoms with Crippen molar-refractivity contribution in [1.29, 1.82) is 0 Å². The Bertz CT molecular complexity index is 211. The lowest BCUT2D eigenvalue weighted by Crippen LogP contribution is -2.03. The largest absolute Gasteiger partial charge is 0.216 e. The first kappa shape index (κ1) is 10.5. The maximum absolute atomic E-state index is 4.18. The summed E-state index contributed by atoms with van der Waals surface area (Å²) < 4.78 is 0. The quantitative estimate of drug-likeness (QED) is 0.778. The maximum atomic E-state index is 4.18. The van der Waals surface area contributed by atoms with E-state index in [2.05, 4.69) is 62.7 Å². The number of nitrogens with zero attached hydrogens (tertiary/aromatic N) is 3. The van der Waals surface area contributed by atoms with Crippen LogP contribution in [0.2, 0.25) is 0 Å². The Hall–Kier alpha value is 0.450. The Labute approximate surface area is 95.8 Å². The Kier molecular flexibility index (Phi) is 4.60. The van der Waals surface area contributed by atoms with Crippen molar-refractivity contribution >= 4 is 47.8 Å². The topological polar surface area (TPSA) is 38.7 Å². The van der Waals surface area contributed by atoms with Crippen molar-refractivity contribution in [3.63, 3.8) is 0 Å². The molecular formula is C6H6Br3N3. The van der Waals surface area contributed by atoms with Crippen LogP contribution in [0.25, 0.3) is 0 Å². The molecule has 1 aromatic heterocycles. The van der Waals surface area contributed by atoms with E-state index in [-0.39, 0.29) is 0 Å². The lowest BCUT2D eigenvalue weighted by molar-refractivity contribution is 0.861. The van der Waals surface area contributed by atoms with Crippen LogP contribution >= 0.6 is 47.8 Å². The van der Waals surface area contributed by atoms with E-state index in [1.165, 1.54) is 0 Å². The van der Waals surface area contributed by atoms with Crippen molar-refractivity contribution in [2.75, 3.05) is 0 Å². The maximum Gasteiger partial charge on any atom is 0.143 e. The third-order valence-corrected chi connectivity index (χ3v) is 2.64. The average Bonchev–Trinajstić information content (AvgIpc) is 2.16. The van der Waals surface area contributed by atoms with Gasteiger partial charge in [0, 0.05) is 0 Å². The van der Waals surface area contributed by atoms with Gasteiger partial charge in [0.25, 0.3) is 0 Å². The van der Waals surface area contributed by atoms with E-state index in [0.717, 1.165) is 17.5 Å². The van der Waals surface area contributed by atoms with E-state index in [4.69, 9.17) is 0 Å². The molecule has 0 atom stereocenters. The fourth-order valence-corrected chi connectivity index (χ4v) is 1.45. The van der Waals surface area contributed by atoms with Gasteiger partial charge in [-0.25, -0.2) is 15.0 Å². The third-order valence-electron chi connectivity index (χ3n) is 1.13. The van der Waals surface area contributed by atoms with Gasteiger partial charge in [0.1, 0.15) is 17.5 Å². The summed E-state index contributed by atoms with van der Waals surface area (Å²) in [5.41, 5.74) is 0. The van der Waals surface area contributed by atoms with Gasteiger partial charge in [0.15, 0.2) is 0 Å². The molecule has 0 amide bonds. The minimum atomic E-state index is 0.662. The molecule has 0 aliphatic carbocycles. The molecular weight excluding hydrogens is 354 g/mol. The van der Waals surface area contributed by atoms with Gasteiger partial charge in [-0.1, -0.05) is 47.8 Å². The predicted octanol–water partition coefficient (Wildman–Crippen LogP) is 2.56. The van der Waals surface area contributed by atoms with Gasteiger partial charge in [0.2, 0.25) is 0 Å². The minimum absolute atomic E-state index is 0.662. The molecule has 0 fully saturated rings. The lowest BCUT2D eigenvalue weighted by Gasteiger charge is -2.00. The summed E-state index contributed by atoms with van der Waals surface area (Å²) >= 11 is 9.90. The smallest absolute Gasteiger partial charge is 0.143 e. The summed E-state index contributed by atoms with van der Waals surface area (Å²) in [6, 6.07) is 0. The van der Waals surface area contributed by atoms with Crippen LogP contribution in [-0.2, 0) is 16.0 Å². The van der Waals surface area contributed by atoms with E-state index in [9.17, 15) is 0 Å². The predicted molar refractivity (Wildman–Crippen MR) is 57.7 cm³/mol. The van der Waals surface area contributed by atoms with E-state index in [1.807, 2.05) is 0 Å². The van der Waals surface area contributed by atoms with Crippen molar-refractivity contribution in [3.05, 3.63) is 17.5 Å². The summed E-state index contributed by atoms with van der Waals surface area (Å²) in [6.45, 7) is 0. The number of hydrogen-bond donors (Lipinski definition) is 0. The molecule has 66 valence electrons. The van der Waals surface area contributed by atoms with E-state index in [1.54, 1.807) is 0 Å². The average molecular weight is 360 g/mol. The molecule has 0 saturated carbocycles. The summed E-state index contributed by atoms with van der Waals surface area (Å²) in [7, 11) is 0. The minimum Gasteiger partial charge on any atom is -0.216 e. The second kappa shape index (κ2) is 5.24. The monoisotopic (exact) mass is 357 g/mol. The van der Waals surface area contributed by atoms with Gasteiger partial charge >= 0.3 is 0 Å². The lowest BCUT2D eigenvalue weighted by atomic mass is 10.5. The third kappa shape index (κ3) is 2.74. The number of alkyl halides is 3. The molecule has 0 saturated heterocycles. The van der Waals surface area contributed by atoms with Crippen molar-refractivity contribution in [1.82, 2.24) is 15.0 Å². The zero-order valence-corrected chi connectivity index (χ0v) is 10.9. The van der Waals surface area contributed by atoms with E-state index >= 15 is 0 Å². The van der Waals surface area contributed by atoms with Gasteiger partial charge in [-0.2, -0.15) is 0 Å². The van der Waals surface area contributed by atoms with Crippen LogP contribution in [0.4, 0.5) is 0 Å². The molecule has 0 aliphatic rings. The van der Waals surface area contributed by atoms with Crippen LogP contribution in [0.3, 0.4) is 0 Å². The van der Waals surface area contributed by atoms with Crippen molar-refractivity contribution in [2.45, 2.75) is 16.0 Å². The van der Waals surface area contributed by atoms with Crippen molar-refractivity contribution in [2.24, 2.45) is 0 Å². The summed E-state index contributed by atoms with van der Waals surface area (Å²) in [5, 5.41) is 1.99. The highest BCUT2D eigenvalue weighted by atomic mass is 79.9. The molecule has 0 bridgehead atoms. The first-order valence-electron chi connectivity index (χ1n) is 3.20. The molecule has 0 unspecified atom stereocenters. The zero-order chi connectivity index (χ0) is 8.97. The second-order valence-electron chi connectivity index (χ2n) is 1.98. The Morgan fingerprint density at radius 2 is 0.917 bits per heavy atom. The Balaban J connectivity index is 3.01. The van der Waals surface area contributed by atoms with E-state index in [0.29, 0.717) is 16.0 Å². The Morgan fingerprint density at radius 1 is 0.667 bits per heavy atom. The van der Waals surface area contributed by atoms with E-state index < -0.39 is 0 Å². The molecule has 3 nitrogen and oxygen atoms in total. The van der Waals surface area contributed by atoms with Crippen molar-refractivity contribution in [3.8, 4) is 0 Å². The highest BCUT2D eigenvalue weighted by Gasteiger charge is 2.02. The zero-order valence-electron chi connectivity index (χ0n) is 6.10. The summed E-state index contributed by atoms with van der Waals surface area (Å²) in [6.07, 6.45) is 0. The number of halogens is 3. The molecule has 0 spiro atoms. The van der Waals surface area contributed by atoms with Gasteiger partial charge in [-0.3, -0.25) is 0 Å². The van der Waals surface area contributed by atoms with Crippen LogP contribution < -0.4 is 0 Å². The molecule has 0 aliphatic heterocycles. The fraction of sp³-hybridized carbons (Fsp3) is 0.500. The van der Waals surface area contributed by atoms with Crippen LogP contribution in [-0.4, -0.2) is 15.0 Å². The number of aromatic nitrogens is 3. The highest BCUT2D eigenvalue weighted by Crippen LogP contribution is 2.06. The highest BCUT2D eigenvalue weighted by molar-refractivity contribution is 9.09. The second-order valence-corrected chi connectivity index (χ2v) is 3.67. The van der Waals surface area contributed by atoms with Crippen LogP contribution in [0.15, 0.2) is 0 Å². The molecule has 1 heterocycles. The SMILES string of the molecule is BrCc1nc(CBr)nc(CBr)n1. The molecule has 6 heteroatoms.